The van der Waals surface area contributed by atoms with E-state index in [2.05, 4.69) is 4.98 Å². The number of carbonyl (C=O) groups is 1. The number of aromatic nitrogens is 1. The zero-order valence-corrected chi connectivity index (χ0v) is 8.56. The first-order valence-corrected chi connectivity index (χ1v) is 4.82. The second kappa shape index (κ2) is 3.86. The Morgan fingerprint density at radius 2 is 2.14 bits per heavy atom. The normalized spacial score (nSPS) is 11.8. The predicted molar refractivity (Wildman–Crippen MR) is 46.7 cm³/mol. The van der Waals surface area contributed by atoms with Crippen LogP contribution in [-0.4, -0.2) is 10.2 Å². The number of alkyl halides is 3. The fourth-order valence-corrected chi connectivity index (χ4v) is 1.94. The van der Waals surface area contributed by atoms with E-state index in [1.807, 2.05) is 0 Å². The van der Waals surface area contributed by atoms with Crippen LogP contribution in [0, 0.1) is 0 Å². The van der Waals surface area contributed by atoms with E-state index >= 15 is 0 Å². The van der Waals surface area contributed by atoms with Crippen molar-refractivity contribution in [2.75, 3.05) is 0 Å². The Morgan fingerprint density at radius 1 is 1.57 bits per heavy atom. The molecule has 0 saturated carbocycles. The molecule has 1 heterocycles. The summed E-state index contributed by atoms with van der Waals surface area (Å²) in [5.74, 6) is 0. The molecule has 0 N–H and O–H groups in total. The quantitative estimate of drug-likeness (QED) is 0.747. The number of carbonyl (C=O) groups excluding carboxylic acids is 1. The molecule has 78 valence electrons. The minimum atomic E-state index is -4.51. The SMILES string of the molecule is CCc1nc(C(F)(F)F)sc1C(=O)Cl. The first-order valence-electron chi connectivity index (χ1n) is 3.63. The molecule has 14 heavy (non-hydrogen) atoms. The molecule has 0 aliphatic carbocycles. The second-order valence-corrected chi connectivity index (χ2v) is 3.76. The highest BCUT2D eigenvalue weighted by molar-refractivity contribution is 7.15. The Labute approximate surface area is 86.7 Å². The van der Waals surface area contributed by atoms with Crippen LogP contribution in [0.5, 0.6) is 0 Å². The highest BCUT2D eigenvalue weighted by atomic mass is 35.5. The molecule has 1 aromatic heterocycles. The van der Waals surface area contributed by atoms with Gasteiger partial charge in [-0.15, -0.1) is 11.3 Å². The number of halogens is 4. The van der Waals surface area contributed by atoms with E-state index in [1.54, 1.807) is 6.92 Å². The van der Waals surface area contributed by atoms with E-state index in [1.165, 1.54) is 0 Å². The van der Waals surface area contributed by atoms with Crippen LogP contribution in [0.4, 0.5) is 13.2 Å². The Hall–Kier alpha value is -0.620. The van der Waals surface area contributed by atoms with Gasteiger partial charge in [-0.1, -0.05) is 6.92 Å². The molecule has 1 rings (SSSR count). The summed E-state index contributed by atoms with van der Waals surface area (Å²) in [7, 11) is 0. The van der Waals surface area contributed by atoms with E-state index in [0.717, 1.165) is 0 Å². The molecule has 0 aliphatic heterocycles. The average Bonchev–Trinajstić information content (AvgIpc) is 2.45. The molecule has 0 radical (unpaired) electrons. The Kier molecular flexibility index (Phi) is 3.16. The monoisotopic (exact) mass is 243 g/mol. The Balaban J connectivity index is 3.20. The predicted octanol–water partition coefficient (Wildman–Crippen LogP) is 3.10. The van der Waals surface area contributed by atoms with Gasteiger partial charge in [0.1, 0.15) is 4.88 Å². The molecule has 0 amide bonds. The van der Waals surface area contributed by atoms with Crippen molar-refractivity contribution in [3.63, 3.8) is 0 Å². The van der Waals surface area contributed by atoms with Crippen LogP contribution in [0.3, 0.4) is 0 Å². The molecule has 0 spiro atoms. The fraction of sp³-hybridized carbons (Fsp3) is 0.429. The van der Waals surface area contributed by atoms with Crippen molar-refractivity contribution in [2.24, 2.45) is 0 Å². The number of thiazole rings is 1. The van der Waals surface area contributed by atoms with Crippen LogP contribution in [0.2, 0.25) is 0 Å². The lowest BCUT2D eigenvalue weighted by molar-refractivity contribution is -0.137. The zero-order valence-electron chi connectivity index (χ0n) is 6.98. The van der Waals surface area contributed by atoms with Crippen molar-refractivity contribution in [3.8, 4) is 0 Å². The standard InChI is InChI=1S/C7H5ClF3NOS/c1-2-3-4(5(8)13)14-6(12-3)7(9,10)11/h2H2,1H3. The molecule has 2 nitrogen and oxygen atoms in total. The van der Waals surface area contributed by atoms with Gasteiger partial charge in [-0.2, -0.15) is 13.2 Å². The highest BCUT2D eigenvalue weighted by Gasteiger charge is 2.36. The van der Waals surface area contributed by atoms with E-state index < -0.39 is 16.4 Å². The molecular formula is C7H5ClF3NOS. The molecule has 0 aliphatic rings. The van der Waals surface area contributed by atoms with Crippen LogP contribution in [0.1, 0.15) is 27.3 Å². The van der Waals surface area contributed by atoms with Gasteiger partial charge in [-0.3, -0.25) is 4.79 Å². The minimum absolute atomic E-state index is 0.0994. The lowest BCUT2D eigenvalue weighted by Gasteiger charge is -1.98. The van der Waals surface area contributed by atoms with Crippen molar-refractivity contribution in [1.29, 1.82) is 0 Å². The molecule has 0 aromatic carbocycles. The zero-order chi connectivity index (χ0) is 10.9. The van der Waals surface area contributed by atoms with Gasteiger partial charge in [-0.25, -0.2) is 4.98 Å². The van der Waals surface area contributed by atoms with Crippen LogP contribution in [0.15, 0.2) is 0 Å². The maximum absolute atomic E-state index is 12.2. The largest absolute Gasteiger partial charge is 0.443 e. The van der Waals surface area contributed by atoms with Gasteiger partial charge in [0.25, 0.3) is 5.24 Å². The summed E-state index contributed by atoms with van der Waals surface area (Å²) >= 11 is 5.40. The van der Waals surface area contributed by atoms with Gasteiger partial charge in [0, 0.05) is 0 Å². The molecule has 7 heteroatoms. The fourth-order valence-electron chi connectivity index (χ4n) is 0.866. The summed E-state index contributed by atoms with van der Waals surface area (Å²) in [4.78, 5) is 13.9. The lowest BCUT2D eigenvalue weighted by atomic mass is 10.3. The van der Waals surface area contributed by atoms with Crippen LogP contribution in [-0.2, 0) is 12.6 Å². The second-order valence-electron chi connectivity index (χ2n) is 2.42. The van der Waals surface area contributed by atoms with Gasteiger partial charge < -0.3 is 0 Å². The van der Waals surface area contributed by atoms with E-state index in [4.69, 9.17) is 11.6 Å². The van der Waals surface area contributed by atoms with Crippen LogP contribution in [0.25, 0.3) is 0 Å². The van der Waals surface area contributed by atoms with Crippen LogP contribution < -0.4 is 0 Å². The van der Waals surface area contributed by atoms with E-state index in [-0.39, 0.29) is 28.3 Å². The molecule has 1 aromatic rings. The van der Waals surface area contributed by atoms with Crippen molar-refractivity contribution in [1.82, 2.24) is 4.98 Å². The molecule has 0 fully saturated rings. The summed E-state index contributed by atoms with van der Waals surface area (Å²) in [5, 5.41) is -1.92. The summed E-state index contributed by atoms with van der Waals surface area (Å²) in [6.07, 6.45) is -4.26. The molecular weight excluding hydrogens is 239 g/mol. The topological polar surface area (TPSA) is 30.0 Å². The highest BCUT2D eigenvalue weighted by Crippen LogP contribution is 2.34. The van der Waals surface area contributed by atoms with Crippen molar-refractivity contribution in [3.05, 3.63) is 15.6 Å². The third kappa shape index (κ3) is 2.24. The van der Waals surface area contributed by atoms with Gasteiger partial charge in [0.05, 0.1) is 5.69 Å². The smallest absolute Gasteiger partial charge is 0.275 e. The number of nitrogens with zero attached hydrogens (tertiary/aromatic N) is 1. The Morgan fingerprint density at radius 3 is 2.43 bits per heavy atom. The van der Waals surface area contributed by atoms with E-state index in [9.17, 15) is 18.0 Å². The van der Waals surface area contributed by atoms with Gasteiger partial charge in [-0.05, 0) is 18.0 Å². The third-order valence-corrected chi connectivity index (χ3v) is 2.90. The molecule has 0 atom stereocenters. The summed E-state index contributed by atoms with van der Waals surface area (Å²) in [6.45, 7) is 1.61. The molecule has 0 saturated heterocycles. The van der Waals surface area contributed by atoms with Crippen molar-refractivity contribution < 1.29 is 18.0 Å². The third-order valence-electron chi connectivity index (χ3n) is 1.45. The number of aryl methyl sites for hydroxylation is 1. The molecule has 0 bridgehead atoms. The van der Waals surface area contributed by atoms with Gasteiger partial charge in [0.15, 0.2) is 5.01 Å². The Bertz CT molecular complexity index is 360. The van der Waals surface area contributed by atoms with Crippen LogP contribution >= 0.6 is 22.9 Å². The summed E-state index contributed by atoms with van der Waals surface area (Å²) in [5.41, 5.74) is 0.0994. The van der Waals surface area contributed by atoms with Gasteiger partial charge in [0.2, 0.25) is 0 Å². The number of rotatable bonds is 2. The summed E-state index contributed by atoms with van der Waals surface area (Å²) < 4.78 is 36.5. The first kappa shape index (κ1) is 11.5. The lowest BCUT2D eigenvalue weighted by Crippen LogP contribution is -2.03. The maximum Gasteiger partial charge on any atom is 0.443 e. The summed E-state index contributed by atoms with van der Waals surface area (Å²) in [6, 6.07) is 0. The van der Waals surface area contributed by atoms with Gasteiger partial charge >= 0.3 is 6.18 Å². The van der Waals surface area contributed by atoms with Crippen molar-refractivity contribution in [2.45, 2.75) is 19.5 Å². The minimum Gasteiger partial charge on any atom is -0.275 e. The number of hydrogen-bond donors (Lipinski definition) is 0. The molecule has 0 unspecified atom stereocenters. The first-order chi connectivity index (χ1) is 6.36. The average molecular weight is 244 g/mol. The number of hydrogen-bond acceptors (Lipinski definition) is 3. The van der Waals surface area contributed by atoms with E-state index in [0.29, 0.717) is 0 Å². The maximum atomic E-state index is 12.2. The van der Waals surface area contributed by atoms with Crippen molar-refractivity contribution >= 4 is 28.2 Å².